The van der Waals surface area contributed by atoms with E-state index in [1.807, 2.05) is 19.2 Å². The lowest BCUT2D eigenvalue weighted by atomic mass is 9.68. The van der Waals surface area contributed by atoms with Crippen LogP contribution < -0.4 is 10.1 Å². The minimum absolute atomic E-state index is 0. The molecule has 2 fully saturated rings. The Morgan fingerprint density at radius 1 is 1.27 bits per heavy atom. The van der Waals surface area contributed by atoms with Gasteiger partial charge in [-0.15, -0.1) is 24.0 Å². The molecule has 1 spiro atoms. The molecule has 1 saturated carbocycles. The Labute approximate surface area is 150 Å². The molecule has 3 rings (SSSR count). The van der Waals surface area contributed by atoms with E-state index in [4.69, 9.17) is 4.74 Å². The summed E-state index contributed by atoms with van der Waals surface area (Å²) in [6.45, 7) is 3.12. The summed E-state index contributed by atoms with van der Waals surface area (Å²) in [6.07, 6.45) is 5.54. The largest absolute Gasteiger partial charge is 0.497 e. The Balaban J connectivity index is 0.00000176. The van der Waals surface area contributed by atoms with Gasteiger partial charge in [0.05, 0.1) is 7.11 Å². The average molecular weight is 415 g/mol. The SMILES string of the molecule is CN=C(NCc1ccc(OC)cc1)N1CCC2(CCC2)C1.I. The van der Waals surface area contributed by atoms with Crippen molar-refractivity contribution in [2.75, 3.05) is 27.2 Å². The smallest absolute Gasteiger partial charge is 0.193 e. The van der Waals surface area contributed by atoms with Gasteiger partial charge >= 0.3 is 0 Å². The van der Waals surface area contributed by atoms with Gasteiger partial charge in [0.15, 0.2) is 5.96 Å². The maximum atomic E-state index is 5.19. The zero-order valence-corrected chi connectivity index (χ0v) is 15.8. The van der Waals surface area contributed by atoms with E-state index >= 15 is 0 Å². The molecule has 5 heteroatoms. The van der Waals surface area contributed by atoms with Crippen LogP contribution in [0.5, 0.6) is 5.75 Å². The fourth-order valence-electron chi connectivity index (χ4n) is 3.46. The first-order valence-electron chi connectivity index (χ1n) is 7.83. The van der Waals surface area contributed by atoms with Crippen LogP contribution in [0.4, 0.5) is 0 Å². The molecule has 2 aliphatic rings. The number of guanidine groups is 1. The first-order chi connectivity index (χ1) is 10.2. The van der Waals surface area contributed by atoms with Crippen molar-refractivity contribution in [3.8, 4) is 5.75 Å². The molecule has 0 atom stereocenters. The van der Waals surface area contributed by atoms with Crippen LogP contribution in [-0.2, 0) is 6.54 Å². The number of likely N-dealkylation sites (tertiary alicyclic amines) is 1. The monoisotopic (exact) mass is 415 g/mol. The van der Waals surface area contributed by atoms with Gasteiger partial charge in [-0.3, -0.25) is 4.99 Å². The van der Waals surface area contributed by atoms with Crippen LogP contribution in [0, 0.1) is 5.41 Å². The lowest BCUT2D eigenvalue weighted by molar-refractivity contribution is 0.151. The van der Waals surface area contributed by atoms with E-state index in [2.05, 4.69) is 27.3 Å². The van der Waals surface area contributed by atoms with Crippen LogP contribution in [0.15, 0.2) is 29.3 Å². The van der Waals surface area contributed by atoms with Crippen molar-refractivity contribution in [1.82, 2.24) is 10.2 Å². The molecular weight excluding hydrogens is 389 g/mol. The van der Waals surface area contributed by atoms with Gasteiger partial charge in [0.1, 0.15) is 5.75 Å². The fourth-order valence-corrected chi connectivity index (χ4v) is 3.46. The first-order valence-corrected chi connectivity index (χ1v) is 7.83. The molecule has 1 saturated heterocycles. The molecule has 0 radical (unpaired) electrons. The van der Waals surface area contributed by atoms with E-state index in [0.29, 0.717) is 5.41 Å². The number of nitrogens with one attached hydrogen (secondary N) is 1. The van der Waals surface area contributed by atoms with Gasteiger partial charge in [-0.2, -0.15) is 0 Å². The summed E-state index contributed by atoms with van der Waals surface area (Å²) in [5.41, 5.74) is 1.85. The first kappa shape index (κ1) is 17.4. The highest BCUT2D eigenvalue weighted by molar-refractivity contribution is 14.0. The Kier molecular flexibility index (Phi) is 5.94. The van der Waals surface area contributed by atoms with Gasteiger partial charge in [0, 0.05) is 26.7 Å². The van der Waals surface area contributed by atoms with Crippen molar-refractivity contribution >= 4 is 29.9 Å². The second-order valence-corrected chi connectivity index (χ2v) is 6.27. The molecule has 0 aromatic heterocycles. The summed E-state index contributed by atoms with van der Waals surface area (Å²) >= 11 is 0. The highest BCUT2D eigenvalue weighted by atomic mass is 127. The molecule has 1 aliphatic carbocycles. The molecular formula is C17H26IN3O. The minimum Gasteiger partial charge on any atom is -0.497 e. The predicted octanol–water partition coefficient (Wildman–Crippen LogP) is 3.26. The number of methoxy groups -OCH3 is 1. The molecule has 0 amide bonds. The summed E-state index contributed by atoms with van der Waals surface area (Å²) in [5.74, 6) is 1.93. The zero-order chi connectivity index (χ0) is 14.7. The summed E-state index contributed by atoms with van der Waals surface area (Å²) < 4.78 is 5.19. The zero-order valence-electron chi connectivity index (χ0n) is 13.5. The predicted molar refractivity (Wildman–Crippen MR) is 101 cm³/mol. The summed E-state index contributed by atoms with van der Waals surface area (Å²) in [4.78, 5) is 6.87. The Bertz CT molecular complexity index is 511. The summed E-state index contributed by atoms with van der Waals surface area (Å²) in [5, 5.41) is 3.49. The van der Waals surface area contributed by atoms with Crippen LogP contribution in [0.3, 0.4) is 0 Å². The molecule has 22 heavy (non-hydrogen) atoms. The number of rotatable bonds is 3. The number of nitrogens with zero attached hydrogens (tertiary/aromatic N) is 2. The molecule has 1 aromatic rings. The topological polar surface area (TPSA) is 36.9 Å². The van der Waals surface area contributed by atoms with E-state index in [9.17, 15) is 0 Å². The normalized spacial score (nSPS) is 19.5. The van der Waals surface area contributed by atoms with Gasteiger partial charge < -0.3 is 15.0 Å². The average Bonchev–Trinajstić information content (AvgIpc) is 2.94. The van der Waals surface area contributed by atoms with Crippen LogP contribution in [-0.4, -0.2) is 38.1 Å². The van der Waals surface area contributed by atoms with E-state index in [1.54, 1.807) is 7.11 Å². The quantitative estimate of drug-likeness (QED) is 0.468. The highest BCUT2D eigenvalue weighted by Gasteiger charge is 2.43. The van der Waals surface area contributed by atoms with Gasteiger partial charge in [0.25, 0.3) is 0 Å². The van der Waals surface area contributed by atoms with Crippen LogP contribution in [0.25, 0.3) is 0 Å². The van der Waals surface area contributed by atoms with E-state index in [-0.39, 0.29) is 24.0 Å². The van der Waals surface area contributed by atoms with Gasteiger partial charge in [0.2, 0.25) is 0 Å². The summed E-state index contributed by atoms with van der Waals surface area (Å²) in [6, 6.07) is 8.19. The van der Waals surface area contributed by atoms with Crippen LogP contribution >= 0.6 is 24.0 Å². The van der Waals surface area contributed by atoms with Crippen molar-refractivity contribution in [2.45, 2.75) is 32.2 Å². The number of hydrogen-bond donors (Lipinski definition) is 1. The Morgan fingerprint density at radius 2 is 2.00 bits per heavy atom. The van der Waals surface area contributed by atoms with Crippen LogP contribution in [0.2, 0.25) is 0 Å². The molecule has 1 N–H and O–H groups in total. The third-order valence-electron chi connectivity index (χ3n) is 4.97. The Hall–Kier alpha value is -0.980. The molecule has 1 heterocycles. The van der Waals surface area contributed by atoms with Crippen molar-refractivity contribution in [3.63, 3.8) is 0 Å². The lowest BCUT2D eigenvalue weighted by Gasteiger charge is -2.38. The van der Waals surface area contributed by atoms with Crippen molar-refractivity contribution in [1.29, 1.82) is 0 Å². The molecule has 0 bridgehead atoms. The molecule has 1 aliphatic heterocycles. The molecule has 1 aromatic carbocycles. The van der Waals surface area contributed by atoms with Crippen molar-refractivity contribution in [3.05, 3.63) is 29.8 Å². The third-order valence-corrected chi connectivity index (χ3v) is 4.97. The van der Waals surface area contributed by atoms with Crippen LogP contribution in [0.1, 0.15) is 31.2 Å². The molecule has 4 nitrogen and oxygen atoms in total. The fraction of sp³-hybridized carbons (Fsp3) is 0.588. The number of benzene rings is 1. The standard InChI is InChI=1S/C17H25N3O.HI/c1-18-16(20-11-10-17(13-20)8-3-9-17)19-12-14-4-6-15(21-2)7-5-14;/h4-7H,3,8-13H2,1-2H3,(H,18,19);1H. The van der Waals surface area contributed by atoms with E-state index in [1.165, 1.54) is 37.8 Å². The molecule has 122 valence electrons. The Morgan fingerprint density at radius 3 is 2.50 bits per heavy atom. The number of ether oxygens (including phenoxy) is 1. The lowest BCUT2D eigenvalue weighted by Crippen LogP contribution is -2.42. The second kappa shape index (κ2) is 7.53. The van der Waals surface area contributed by atoms with Crippen molar-refractivity contribution < 1.29 is 4.74 Å². The molecule has 0 unspecified atom stereocenters. The van der Waals surface area contributed by atoms with Gasteiger partial charge in [-0.25, -0.2) is 0 Å². The third kappa shape index (κ3) is 3.67. The number of halogens is 1. The van der Waals surface area contributed by atoms with Gasteiger partial charge in [-0.1, -0.05) is 18.6 Å². The highest BCUT2D eigenvalue weighted by Crippen LogP contribution is 2.47. The second-order valence-electron chi connectivity index (χ2n) is 6.27. The van der Waals surface area contributed by atoms with E-state index < -0.39 is 0 Å². The van der Waals surface area contributed by atoms with E-state index in [0.717, 1.165) is 24.8 Å². The summed E-state index contributed by atoms with van der Waals surface area (Å²) in [7, 11) is 3.57. The number of aliphatic imine (C=N–C) groups is 1. The van der Waals surface area contributed by atoms with Gasteiger partial charge in [-0.05, 0) is 42.4 Å². The maximum Gasteiger partial charge on any atom is 0.193 e. The number of hydrogen-bond acceptors (Lipinski definition) is 2. The van der Waals surface area contributed by atoms with Crippen molar-refractivity contribution in [2.24, 2.45) is 10.4 Å². The maximum absolute atomic E-state index is 5.19. The minimum atomic E-state index is 0.